The van der Waals surface area contributed by atoms with Crippen molar-refractivity contribution in [3.8, 4) is 0 Å². The fraction of sp³-hybridized carbons (Fsp3) is 1.00. The fourth-order valence-corrected chi connectivity index (χ4v) is 4.30. The van der Waals surface area contributed by atoms with Crippen molar-refractivity contribution in [3.63, 3.8) is 0 Å². The van der Waals surface area contributed by atoms with Gasteiger partial charge in [-0.1, -0.05) is 0 Å². The quantitative estimate of drug-likeness (QED) is 0.719. The molecule has 71 valence electrons. The van der Waals surface area contributed by atoms with Gasteiger partial charge in [0.2, 0.25) is 0 Å². The molecule has 4 N–H and O–H groups in total. The van der Waals surface area contributed by atoms with E-state index in [0.717, 1.165) is 25.7 Å². The second kappa shape index (κ2) is 3.91. The molecule has 0 heterocycles. The number of hydrogen-bond donors (Lipinski definition) is 2. The molecular formula is C6H13Cl2N2Pd. The van der Waals surface area contributed by atoms with Crippen molar-refractivity contribution >= 4 is 19.1 Å². The van der Waals surface area contributed by atoms with Gasteiger partial charge >= 0.3 is 81.0 Å². The molecule has 2 nitrogen and oxygen atoms in total. The van der Waals surface area contributed by atoms with Gasteiger partial charge in [0.25, 0.3) is 0 Å². The van der Waals surface area contributed by atoms with Gasteiger partial charge in [-0.25, -0.2) is 0 Å². The van der Waals surface area contributed by atoms with Crippen LogP contribution in [0.3, 0.4) is 0 Å². The van der Waals surface area contributed by atoms with Crippen LogP contribution in [0.25, 0.3) is 0 Å². The molecule has 2 unspecified atom stereocenters. The number of nitrogens with two attached hydrogens (primary N) is 2. The Bertz CT molecular complexity index is 145. The molecule has 0 aromatic carbocycles. The number of halogens is 2. The van der Waals surface area contributed by atoms with E-state index in [2.05, 4.69) is 0 Å². The van der Waals surface area contributed by atoms with Crippen molar-refractivity contribution in [2.75, 3.05) is 0 Å². The van der Waals surface area contributed by atoms with Crippen LogP contribution in [0.15, 0.2) is 0 Å². The molecule has 0 aromatic heterocycles. The molecule has 0 aliphatic heterocycles. The van der Waals surface area contributed by atoms with E-state index in [9.17, 15) is 0 Å². The topological polar surface area (TPSA) is 52.0 Å². The van der Waals surface area contributed by atoms with Crippen molar-refractivity contribution in [3.05, 3.63) is 0 Å². The van der Waals surface area contributed by atoms with Gasteiger partial charge in [0, 0.05) is 0 Å². The Morgan fingerprint density at radius 2 is 2.00 bits per heavy atom. The van der Waals surface area contributed by atoms with Crippen LogP contribution in [-0.4, -0.2) is 10.1 Å². The van der Waals surface area contributed by atoms with Crippen LogP contribution < -0.4 is 11.5 Å². The van der Waals surface area contributed by atoms with Crippen LogP contribution in [-0.2, 0) is 14.7 Å². The first-order valence-electron chi connectivity index (χ1n) is 3.57. The van der Waals surface area contributed by atoms with E-state index >= 15 is 0 Å². The van der Waals surface area contributed by atoms with Gasteiger partial charge in [0.15, 0.2) is 0 Å². The summed E-state index contributed by atoms with van der Waals surface area (Å²) in [4.78, 5) is 0. The third kappa shape index (κ3) is 2.09. The standard InChI is InChI=1S/C6H13N2.2ClH.Pd/c7-5-3-1-2-4-6(5)8;;;/h5H,1-4,7-8H2;2*1H;/q;;;+2/p-2. The molecule has 0 bridgehead atoms. The monoisotopic (exact) mass is 289 g/mol. The predicted molar refractivity (Wildman–Crippen MR) is 45.1 cm³/mol. The van der Waals surface area contributed by atoms with E-state index in [1.54, 1.807) is 0 Å². The van der Waals surface area contributed by atoms with Crippen molar-refractivity contribution in [1.82, 2.24) is 0 Å². The van der Waals surface area contributed by atoms with Crippen molar-refractivity contribution in [2.24, 2.45) is 11.5 Å². The first-order valence-corrected chi connectivity index (χ1v) is 8.35. The minimum atomic E-state index is -1.62. The first-order chi connectivity index (χ1) is 5.07. The van der Waals surface area contributed by atoms with Crippen LogP contribution >= 0.6 is 19.1 Å². The Labute approximate surface area is 80.8 Å². The fourth-order valence-electron chi connectivity index (χ4n) is 1.31. The second-order valence-electron chi connectivity index (χ2n) is 2.89. The Kier molecular flexibility index (Phi) is 3.64. The first kappa shape index (κ1) is 10.2. The molecule has 0 amide bonds. The molecule has 1 aliphatic carbocycles. The zero-order valence-corrected chi connectivity index (χ0v) is 9.20. The average Bonchev–Trinajstić information content (AvgIpc) is 1.95. The zero-order valence-electron chi connectivity index (χ0n) is 6.13. The van der Waals surface area contributed by atoms with E-state index < -0.39 is 18.7 Å². The van der Waals surface area contributed by atoms with Gasteiger partial charge in [-0.15, -0.1) is 0 Å². The number of rotatable bonds is 1. The van der Waals surface area contributed by atoms with Gasteiger partial charge in [-0.2, -0.15) is 0 Å². The third-order valence-corrected chi connectivity index (χ3v) is 6.82. The minimum absolute atomic E-state index is 0.00671. The van der Waals surface area contributed by atoms with Gasteiger partial charge in [0.1, 0.15) is 0 Å². The Balaban J connectivity index is 2.64. The Morgan fingerprint density at radius 3 is 2.36 bits per heavy atom. The normalized spacial score (nSPS) is 40.4. The summed E-state index contributed by atoms with van der Waals surface area (Å²) in [5.41, 5.74) is 11.9. The van der Waals surface area contributed by atoms with Gasteiger partial charge < -0.3 is 0 Å². The maximum atomic E-state index is 6.01. The molecule has 1 rings (SSSR count). The average molecular weight is 291 g/mol. The van der Waals surface area contributed by atoms with E-state index in [4.69, 9.17) is 30.5 Å². The molecule has 1 fully saturated rings. The Morgan fingerprint density at radius 1 is 1.36 bits per heavy atom. The van der Waals surface area contributed by atoms with Crippen LogP contribution in [0.2, 0.25) is 0 Å². The van der Waals surface area contributed by atoms with E-state index in [1.165, 1.54) is 0 Å². The van der Waals surface area contributed by atoms with Crippen LogP contribution in [0.1, 0.15) is 25.7 Å². The summed E-state index contributed by atoms with van der Waals surface area (Å²) >= 11 is -1.62. The van der Waals surface area contributed by atoms with Gasteiger partial charge in [-0.05, 0) is 0 Å². The summed E-state index contributed by atoms with van der Waals surface area (Å²) in [6.07, 6.45) is 4.13. The van der Waals surface area contributed by atoms with Crippen molar-refractivity contribution in [2.45, 2.75) is 35.7 Å². The maximum absolute atomic E-state index is 6.01. The molecule has 0 radical (unpaired) electrons. The molecule has 11 heavy (non-hydrogen) atoms. The van der Waals surface area contributed by atoms with Crippen LogP contribution in [0, 0.1) is 0 Å². The van der Waals surface area contributed by atoms with Crippen molar-refractivity contribution in [1.29, 1.82) is 0 Å². The predicted octanol–water partition coefficient (Wildman–Crippen LogP) is 1.47. The Hall–Kier alpha value is 1.16. The molecule has 0 aromatic rings. The third-order valence-electron chi connectivity index (χ3n) is 2.13. The van der Waals surface area contributed by atoms with Gasteiger partial charge in [-0.3, -0.25) is 0 Å². The zero-order chi connectivity index (χ0) is 8.48. The second-order valence-corrected chi connectivity index (χ2v) is 8.70. The summed E-state index contributed by atoms with van der Waals surface area (Å²) in [5, 5.41) is 0. The molecule has 1 saturated carbocycles. The summed E-state index contributed by atoms with van der Waals surface area (Å²) in [6.45, 7) is 0. The summed E-state index contributed by atoms with van der Waals surface area (Å²) in [6, 6.07) is 0.00671. The van der Waals surface area contributed by atoms with Gasteiger partial charge in [0.05, 0.1) is 0 Å². The van der Waals surface area contributed by atoms with E-state index in [0.29, 0.717) is 0 Å². The SMILES string of the molecule is NC1CCCC[C]1(N)[Pd]([Cl])[Cl]. The van der Waals surface area contributed by atoms with Crippen molar-refractivity contribution < 1.29 is 14.7 Å². The van der Waals surface area contributed by atoms with E-state index in [-0.39, 0.29) is 6.04 Å². The van der Waals surface area contributed by atoms with E-state index in [1.807, 2.05) is 0 Å². The molecule has 0 saturated heterocycles. The van der Waals surface area contributed by atoms with Crippen LogP contribution in [0.5, 0.6) is 0 Å². The summed E-state index contributed by atoms with van der Waals surface area (Å²) in [7, 11) is 11.7. The molecule has 1 aliphatic rings. The summed E-state index contributed by atoms with van der Waals surface area (Å²) in [5.74, 6) is 0. The molecule has 5 heteroatoms. The molecule has 2 atom stereocenters. The van der Waals surface area contributed by atoms with Crippen LogP contribution in [0.4, 0.5) is 0 Å². The summed E-state index contributed by atoms with van der Waals surface area (Å²) < 4.78 is -0.438. The molecular weight excluding hydrogens is 277 g/mol. The molecule has 0 spiro atoms. The number of hydrogen-bond acceptors (Lipinski definition) is 2.